The number of rotatable bonds is 41. The predicted octanol–water partition coefficient (Wildman–Crippen LogP) is 12.1. The minimum Gasteiger partial charge on any atom is -0.394 e. The summed E-state index contributed by atoms with van der Waals surface area (Å²) in [5.41, 5.74) is 0. The molecule has 4 atom stereocenters. The Labute approximate surface area is 328 Å². The van der Waals surface area contributed by atoms with E-state index >= 15 is 0 Å². The SMILES string of the molecule is CCCC/C=C\CCCCCC(O)C(=O)NC(CO)C(O)C(O)CCC/C=C/CC/C=C/CCCCCCCCCCCCCCCCCCCCC. The summed E-state index contributed by atoms with van der Waals surface area (Å²) in [6.45, 7) is 3.97. The van der Waals surface area contributed by atoms with Crippen molar-refractivity contribution in [2.75, 3.05) is 6.61 Å². The Morgan fingerprint density at radius 2 is 0.811 bits per heavy atom. The Hall–Kier alpha value is -1.47. The van der Waals surface area contributed by atoms with Crippen LogP contribution in [0.5, 0.6) is 0 Å². The van der Waals surface area contributed by atoms with Crippen molar-refractivity contribution in [3.05, 3.63) is 36.5 Å². The van der Waals surface area contributed by atoms with E-state index in [4.69, 9.17) is 0 Å². The maximum atomic E-state index is 12.4. The van der Waals surface area contributed by atoms with Gasteiger partial charge in [-0.1, -0.05) is 192 Å². The van der Waals surface area contributed by atoms with Crippen LogP contribution in [-0.4, -0.2) is 57.3 Å². The van der Waals surface area contributed by atoms with Crippen LogP contribution in [0.1, 0.15) is 226 Å². The fraction of sp³-hybridized carbons (Fsp3) is 0.851. The van der Waals surface area contributed by atoms with Crippen molar-refractivity contribution in [1.82, 2.24) is 5.32 Å². The van der Waals surface area contributed by atoms with E-state index in [9.17, 15) is 25.2 Å². The van der Waals surface area contributed by atoms with Gasteiger partial charge in [0.1, 0.15) is 12.2 Å². The monoisotopic (exact) mass is 748 g/mol. The number of unbranched alkanes of at least 4 members (excludes halogenated alkanes) is 26. The van der Waals surface area contributed by atoms with Gasteiger partial charge < -0.3 is 25.7 Å². The molecule has 0 saturated carbocycles. The second-order valence-electron chi connectivity index (χ2n) is 15.7. The summed E-state index contributed by atoms with van der Waals surface area (Å²) >= 11 is 0. The van der Waals surface area contributed by atoms with E-state index < -0.39 is 36.9 Å². The van der Waals surface area contributed by atoms with Gasteiger partial charge in [0.05, 0.1) is 18.8 Å². The number of aliphatic hydroxyl groups excluding tert-OH is 4. The van der Waals surface area contributed by atoms with Crippen LogP contribution in [-0.2, 0) is 4.79 Å². The third kappa shape index (κ3) is 36.0. The van der Waals surface area contributed by atoms with E-state index in [-0.39, 0.29) is 0 Å². The lowest BCUT2D eigenvalue weighted by Gasteiger charge is -2.27. The molecule has 0 aliphatic heterocycles. The van der Waals surface area contributed by atoms with Crippen LogP contribution in [0.3, 0.4) is 0 Å². The van der Waals surface area contributed by atoms with Gasteiger partial charge in [-0.05, 0) is 70.6 Å². The first-order valence-corrected chi connectivity index (χ1v) is 22.9. The second kappa shape index (κ2) is 41.7. The molecule has 53 heavy (non-hydrogen) atoms. The molecule has 0 bridgehead atoms. The van der Waals surface area contributed by atoms with Crippen molar-refractivity contribution in [1.29, 1.82) is 0 Å². The highest BCUT2D eigenvalue weighted by Crippen LogP contribution is 2.16. The molecular weight excluding hydrogens is 659 g/mol. The molecular formula is C47H89NO5. The summed E-state index contributed by atoms with van der Waals surface area (Å²) in [5.74, 6) is -0.614. The van der Waals surface area contributed by atoms with Crippen LogP contribution in [0.4, 0.5) is 0 Å². The van der Waals surface area contributed by atoms with Gasteiger partial charge in [0.15, 0.2) is 0 Å². The van der Waals surface area contributed by atoms with Crippen LogP contribution in [0, 0.1) is 0 Å². The van der Waals surface area contributed by atoms with Gasteiger partial charge in [0, 0.05) is 0 Å². The van der Waals surface area contributed by atoms with Gasteiger partial charge in [0.25, 0.3) is 0 Å². The number of nitrogens with one attached hydrogen (secondary N) is 1. The Balaban J connectivity index is 3.68. The standard InChI is InChI=1S/C47H89NO5/c1-3-5-7-9-11-13-14-15-16-17-18-19-20-21-22-23-24-25-26-27-28-29-30-31-33-34-36-38-40-44(50)46(52)43(42-49)48-47(53)45(51)41-39-37-35-32-12-10-8-6-4-2/h10,12,28-29,33-34,43-46,49-52H,3-9,11,13-27,30-32,35-42H2,1-2H3,(H,48,53)/b12-10-,29-28+,34-33+. The third-order valence-corrected chi connectivity index (χ3v) is 10.6. The highest BCUT2D eigenvalue weighted by molar-refractivity contribution is 5.80. The van der Waals surface area contributed by atoms with Gasteiger partial charge in [-0.25, -0.2) is 0 Å². The third-order valence-electron chi connectivity index (χ3n) is 10.6. The van der Waals surface area contributed by atoms with Crippen molar-refractivity contribution in [2.24, 2.45) is 0 Å². The lowest BCUT2D eigenvalue weighted by Crippen LogP contribution is -2.53. The number of carbonyl (C=O) groups excluding carboxylic acids is 1. The molecule has 0 rings (SSSR count). The van der Waals surface area contributed by atoms with E-state index in [0.717, 1.165) is 51.4 Å². The normalized spacial score (nSPS) is 14.5. The zero-order valence-electron chi connectivity index (χ0n) is 35.0. The Bertz CT molecular complexity index is 843. The van der Waals surface area contributed by atoms with E-state index in [1.807, 2.05) is 0 Å². The van der Waals surface area contributed by atoms with Crippen LogP contribution < -0.4 is 5.32 Å². The van der Waals surface area contributed by atoms with Crippen molar-refractivity contribution in [3.63, 3.8) is 0 Å². The Kier molecular flexibility index (Phi) is 40.5. The van der Waals surface area contributed by atoms with Crippen molar-refractivity contribution < 1.29 is 25.2 Å². The molecule has 0 radical (unpaired) electrons. The molecule has 6 heteroatoms. The van der Waals surface area contributed by atoms with E-state index in [2.05, 4.69) is 55.6 Å². The highest BCUT2D eigenvalue weighted by Gasteiger charge is 2.28. The van der Waals surface area contributed by atoms with Gasteiger partial charge in [-0.2, -0.15) is 0 Å². The summed E-state index contributed by atoms with van der Waals surface area (Å²) in [4.78, 5) is 12.4. The van der Waals surface area contributed by atoms with Crippen LogP contribution in [0.15, 0.2) is 36.5 Å². The van der Waals surface area contributed by atoms with E-state index in [1.54, 1.807) is 0 Å². The smallest absolute Gasteiger partial charge is 0.249 e. The summed E-state index contributed by atoms with van der Waals surface area (Å²) < 4.78 is 0. The van der Waals surface area contributed by atoms with Crippen LogP contribution in [0.2, 0.25) is 0 Å². The molecule has 0 aromatic heterocycles. The van der Waals surface area contributed by atoms with Gasteiger partial charge in [-0.3, -0.25) is 4.79 Å². The van der Waals surface area contributed by atoms with Crippen molar-refractivity contribution in [3.8, 4) is 0 Å². The zero-order valence-corrected chi connectivity index (χ0v) is 35.0. The Morgan fingerprint density at radius 1 is 0.453 bits per heavy atom. The summed E-state index contributed by atoms with van der Waals surface area (Å²) in [5, 5.41) is 43.4. The molecule has 0 aromatic rings. The molecule has 312 valence electrons. The number of aliphatic hydroxyl groups is 4. The fourth-order valence-corrected chi connectivity index (χ4v) is 6.87. The summed E-state index contributed by atoms with van der Waals surface area (Å²) in [7, 11) is 0. The molecule has 4 unspecified atom stereocenters. The van der Waals surface area contributed by atoms with Crippen LogP contribution in [0.25, 0.3) is 0 Å². The predicted molar refractivity (Wildman–Crippen MR) is 228 cm³/mol. The Morgan fingerprint density at radius 3 is 1.25 bits per heavy atom. The number of amides is 1. The number of hydrogen-bond donors (Lipinski definition) is 5. The van der Waals surface area contributed by atoms with E-state index in [0.29, 0.717) is 19.3 Å². The molecule has 0 saturated heterocycles. The first kappa shape index (κ1) is 51.5. The molecule has 0 heterocycles. The number of carbonyl (C=O) groups is 1. The molecule has 0 fully saturated rings. The maximum absolute atomic E-state index is 12.4. The largest absolute Gasteiger partial charge is 0.394 e. The highest BCUT2D eigenvalue weighted by atomic mass is 16.3. The average molecular weight is 748 g/mol. The minimum atomic E-state index is -1.29. The molecule has 0 aliphatic carbocycles. The first-order valence-electron chi connectivity index (χ1n) is 22.9. The van der Waals surface area contributed by atoms with Crippen molar-refractivity contribution in [2.45, 2.75) is 250 Å². The van der Waals surface area contributed by atoms with Crippen molar-refractivity contribution >= 4 is 5.91 Å². The number of allylic oxidation sites excluding steroid dienone is 6. The lowest BCUT2D eigenvalue weighted by molar-refractivity contribution is -0.132. The summed E-state index contributed by atoms with van der Waals surface area (Å²) in [6, 6.07) is -1.01. The summed E-state index contributed by atoms with van der Waals surface area (Å²) in [6.07, 6.45) is 49.3. The minimum absolute atomic E-state index is 0.337. The molecule has 1 amide bonds. The van der Waals surface area contributed by atoms with Gasteiger partial charge in [0.2, 0.25) is 5.91 Å². The second-order valence-corrected chi connectivity index (χ2v) is 15.7. The van der Waals surface area contributed by atoms with Crippen LogP contribution >= 0.6 is 0 Å². The number of hydrogen-bond acceptors (Lipinski definition) is 5. The molecule has 0 aliphatic rings. The first-order chi connectivity index (χ1) is 26.0. The van der Waals surface area contributed by atoms with Gasteiger partial charge >= 0.3 is 0 Å². The molecule has 6 nitrogen and oxygen atoms in total. The molecule has 5 N–H and O–H groups in total. The quantitative estimate of drug-likeness (QED) is 0.0316. The fourth-order valence-electron chi connectivity index (χ4n) is 6.87. The lowest BCUT2D eigenvalue weighted by atomic mass is 10.00. The molecule has 0 spiro atoms. The zero-order chi connectivity index (χ0) is 38.9. The molecule has 0 aromatic carbocycles. The topological polar surface area (TPSA) is 110 Å². The van der Waals surface area contributed by atoms with E-state index in [1.165, 1.54) is 141 Å². The average Bonchev–Trinajstić information content (AvgIpc) is 3.16. The maximum Gasteiger partial charge on any atom is 0.249 e. The van der Waals surface area contributed by atoms with Gasteiger partial charge in [-0.15, -0.1) is 0 Å².